The van der Waals surface area contributed by atoms with E-state index in [9.17, 15) is 10.1 Å². The number of hydrogen-bond donors (Lipinski definition) is 1. The highest BCUT2D eigenvalue weighted by Crippen LogP contribution is 2.59. The predicted molar refractivity (Wildman–Crippen MR) is 137 cm³/mol. The second-order valence-corrected chi connectivity index (χ2v) is 9.25. The van der Waals surface area contributed by atoms with E-state index < -0.39 is 5.41 Å². The van der Waals surface area contributed by atoms with E-state index in [0.717, 1.165) is 35.1 Å². The molecule has 0 radical (unpaired) electrons. The molecular formula is C30H24N4O. The third-order valence-electron chi connectivity index (χ3n) is 7.59. The fraction of sp³-hybridized carbons (Fsp3) is 0.167. The van der Waals surface area contributed by atoms with Crippen molar-refractivity contribution in [3.05, 3.63) is 118 Å². The summed E-state index contributed by atoms with van der Waals surface area (Å²) in [6, 6.07) is 30.0. The van der Waals surface area contributed by atoms with Crippen LogP contribution >= 0.6 is 0 Å². The number of allylic oxidation sites excluding steroid dienone is 3. The number of hydrazone groups is 1. The van der Waals surface area contributed by atoms with Crippen LogP contribution in [0.3, 0.4) is 0 Å². The minimum absolute atomic E-state index is 0.217. The van der Waals surface area contributed by atoms with Crippen molar-refractivity contribution in [1.82, 2.24) is 0 Å². The first-order valence-electron chi connectivity index (χ1n) is 11.8. The molecule has 1 aliphatic heterocycles. The zero-order valence-electron chi connectivity index (χ0n) is 19.4. The summed E-state index contributed by atoms with van der Waals surface area (Å²) in [5.41, 5.74) is 12.8. The lowest BCUT2D eigenvalue weighted by Gasteiger charge is -2.44. The second-order valence-electron chi connectivity index (χ2n) is 9.25. The van der Waals surface area contributed by atoms with Crippen LogP contribution in [0.5, 0.6) is 0 Å². The van der Waals surface area contributed by atoms with Crippen molar-refractivity contribution in [3.63, 3.8) is 0 Å². The molecule has 2 N–H and O–H groups in total. The molecule has 2 aliphatic carbocycles. The van der Waals surface area contributed by atoms with Crippen LogP contribution in [0.15, 0.2) is 107 Å². The maximum Gasteiger partial charge on any atom is 0.266 e. The lowest BCUT2D eigenvalue weighted by Crippen LogP contribution is -2.51. The van der Waals surface area contributed by atoms with Gasteiger partial charge in [-0.3, -0.25) is 4.79 Å². The smallest absolute Gasteiger partial charge is 0.266 e. The monoisotopic (exact) mass is 456 g/mol. The number of anilines is 1. The number of carbonyl (C=O) groups excluding carboxylic acids is 1. The van der Waals surface area contributed by atoms with Crippen molar-refractivity contribution in [3.8, 4) is 6.07 Å². The number of fused-ring (bicyclic) bond motifs is 2. The van der Waals surface area contributed by atoms with E-state index in [1.807, 2.05) is 79.7 Å². The molecule has 3 aromatic carbocycles. The standard InChI is InChI=1S/C30H24N4O/c1-19-30(29(35)34(33-19)22-13-6-3-7-14-22)27(21-11-4-2-5-12-21)24-17-16-20-10-8-9-15-23(20)26(24)25(18-31)28(30)32/h2-15,27H,16-17,32H2,1H3/t27-,30+/m0/s1. The average Bonchev–Trinajstić information content (AvgIpc) is 3.16. The lowest BCUT2D eigenvalue weighted by atomic mass is 9.56. The molecule has 0 saturated heterocycles. The number of nitrogens with zero attached hydrogens (tertiary/aromatic N) is 3. The molecule has 1 amide bonds. The molecule has 0 bridgehead atoms. The van der Waals surface area contributed by atoms with Crippen molar-refractivity contribution in [1.29, 1.82) is 5.26 Å². The van der Waals surface area contributed by atoms with Crippen LogP contribution in [0.1, 0.15) is 36.0 Å². The molecule has 5 heteroatoms. The lowest BCUT2D eigenvalue weighted by molar-refractivity contribution is -0.123. The number of rotatable bonds is 2. The Kier molecular flexibility index (Phi) is 4.72. The Morgan fingerprint density at radius 3 is 2.34 bits per heavy atom. The van der Waals surface area contributed by atoms with Gasteiger partial charge in [0.05, 0.1) is 17.0 Å². The van der Waals surface area contributed by atoms with Gasteiger partial charge in [0.2, 0.25) is 0 Å². The largest absolute Gasteiger partial charge is 0.400 e. The molecule has 2 atom stereocenters. The van der Waals surface area contributed by atoms with Crippen LogP contribution in [0, 0.1) is 16.7 Å². The molecular weight excluding hydrogens is 432 g/mol. The number of aryl methyl sites for hydroxylation is 1. The Bertz CT molecular complexity index is 1490. The molecule has 3 aliphatic rings. The molecule has 5 nitrogen and oxygen atoms in total. The van der Waals surface area contributed by atoms with Crippen molar-refractivity contribution >= 4 is 22.9 Å². The van der Waals surface area contributed by atoms with E-state index in [0.29, 0.717) is 17.0 Å². The van der Waals surface area contributed by atoms with Crippen LogP contribution in [0.2, 0.25) is 0 Å². The first kappa shape index (κ1) is 21.1. The molecule has 0 unspecified atom stereocenters. The average molecular weight is 457 g/mol. The molecule has 6 rings (SSSR count). The summed E-state index contributed by atoms with van der Waals surface area (Å²) in [5, 5.41) is 16.6. The maximum atomic E-state index is 14.4. The summed E-state index contributed by atoms with van der Waals surface area (Å²) < 4.78 is 0. The third-order valence-corrected chi connectivity index (χ3v) is 7.59. The van der Waals surface area contributed by atoms with Crippen LogP contribution in [0.4, 0.5) is 5.69 Å². The van der Waals surface area contributed by atoms with Gasteiger partial charge in [0.15, 0.2) is 0 Å². The van der Waals surface area contributed by atoms with Crippen LogP contribution in [-0.2, 0) is 11.2 Å². The fourth-order valence-electron chi connectivity index (χ4n) is 6.08. The van der Waals surface area contributed by atoms with Gasteiger partial charge in [-0.05, 0) is 48.6 Å². The normalized spacial score (nSPS) is 23.2. The number of nitrogens with two attached hydrogens (primary N) is 1. The Morgan fingerprint density at radius 2 is 1.63 bits per heavy atom. The second kappa shape index (κ2) is 7.82. The van der Waals surface area contributed by atoms with Gasteiger partial charge in [-0.25, -0.2) is 0 Å². The molecule has 0 fully saturated rings. The SMILES string of the molecule is CC1=NN(c2ccccc2)C(=O)[C@]12C(N)=C(C#N)C1=C(CCc3ccccc31)[C@@H]2c1ccccc1. The van der Waals surface area contributed by atoms with E-state index in [2.05, 4.69) is 18.2 Å². The number of hydrogen-bond acceptors (Lipinski definition) is 4. The van der Waals surface area contributed by atoms with Gasteiger partial charge in [-0.2, -0.15) is 15.4 Å². The topological polar surface area (TPSA) is 82.5 Å². The third kappa shape index (κ3) is 2.80. The van der Waals surface area contributed by atoms with E-state index >= 15 is 0 Å². The summed E-state index contributed by atoms with van der Waals surface area (Å²) in [6.45, 7) is 1.86. The Hall–Kier alpha value is -4.43. The van der Waals surface area contributed by atoms with E-state index in [1.165, 1.54) is 10.6 Å². The molecule has 0 saturated carbocycles. The molecule has 1 spiro atoms. The van der Waals surface area contributed by atoms with Crippen molar-refractivity contribution in [2.24, 2.45) is 16.3 Å². The van der Waals surface area contributed by atoms with Gasteiger partial charge in [-0.15, -0.1) is 0 Å². The number of carbonyl (C=O) groups is 1. The Labute approximate surface area is 204 Å². The fourth-order valence-corrected chi connectivity index (χ4v) is 6.08. The molecule has 35 heavy (non-hydrogen) atoms. The summed E-state index contributed by atoms with van der Waals surface area (Å²) in [6.07, 6.45) is 1.60. The number of benzene rings is 3. The number of amides is 1. The maximum absolute atomic E-state index is 14.4. The van der Waals surface area contributed by atoms with Gasteiger partial charge in [0, 0.05) is 17.2 Å². The highest BCUT2D eigenvalue weighted by atomic mass is 16.2. The summed E-state index contributed by atoms with van der Waals surface area (Å²) >= 11 is 0. The molecule has 1 heterocycles. The summed E-state index contributed by atoms with van der Waals surface area (Å²) in [4.78, 5) is 14.4. The van der Waals surface area contributed by atoms with Gasteiger partial charge < -0.3 is 5.73 Å². The van der Waals surface area contributed by atoms with Crippen molar-refractivity contribution in [2.45, 2.75) is 25.7 Å². The zero-order valence-corrected chi connectivity index (χ0v) is 19.4. The van der Waals surface area contributed by atoms with Gasteiger partial charge in [0.1, 0.15) is 11.5 Å². The zero-order chi connectivity index (χ0) is 24.2. The van der Waals surface area contributed by atoms with E-state index in [1.54, 1.807) is 0 Å². The van der Waals surface area contributed by atoms with Gasteiger partial charge >= 0.3 is 0 Å². The Morgan fingerprint density at radius 1 is 0.971 bits per heavy atom. The predicted octanol–water partition coefficient (Wildman–Crippen LogP) is 5.33. The minimum atomic E-state index is -1.26. The van der Waals surface area contributed by atoms with Crippen LogP contribution in [-0.4, -0.2) is 11.6 Å². The van der Waals surface area contributed by atoms with Gasteiger partial charge in [0.25, 0.3) is 5.91 Å². The van der Waals surface area contributed by atoms with E-state index in [4.69, 9.17) is 10.8 Å². The van der Waals surface area contributed by atoms with Crippen molar-refractivity contribution < 1.29 is 4.79 Å². The Balaban J connectivity index is 1.67. The van der Waals surface area contributed by atoms with E-state index in [-0.39, 0.29) is 17.5 Å². The molecule has 3 aromatic rings. The summed E-state index contributed by atoms with van der Waals surface area (Å²) in [5.74, 6) is -0.570. The summed E-state index contributed by atoms with van der Waals surface area (Å²) in [7, 11) is 0. The highest BCUT2D eigenvalue weighted by Gasteiger charge is 2.61. The first-order valence-corrected chi connectivity index (χ1v) is 11.8. The number of para-hydroxylation sites is 1. The quantitative estimate of drug-likeness (QED) is 0.566. The minimum Gasteiger partial charge on any atom is -0.400 e. The van der Waals surface area contributed by atoms with Crippen molar-refractivity contribution in [2.75, 3.05) is 5.01 Å². The van der Waals surface area contributed by atoms with Gasteiger partial charge in [-0.1, -0.05) is 78.4 Å². The molecule has 0 aromatic heterocycles. The highest BCUT2D eigenvalue weighted by molar-refractivity contribution is 6.23. The van der Waals surface area contributed by atoms with Crippen LogP contribution < -0.4 is 10.7 Å². The molecule has 170 valence electrons. The first-order chi connectivity index (χ1) is 17.1. The number of nitriles is 1. The van der Waals surface area contributed by atoms with Crippen LogP contribution in [0.25, 0.3) is 5.57 Å².